The zero-order valence-electron chi connectivity index (χ0n) is 25.6. The number of anilines is 3. The topological polar surface area (TPSA) is 122 Å². The molecule has 1 aliphatic rings. The van der Waals surface area contributed by atoms with Crippen LogP contribution in [-0.4, -0.2) is 50.7 Å². The molecule has 1 heterocycles. The van der Waals surface area contributed by atoms with Gasteiger partial charge in [0, 0.05) is 29.4 Å². The molecule has 0 atom stereocenters. The first kappa shape index (κ1) is 34.3. The molecule has 236 valence electrons. The van der Waals surface area contributed by atoms with E-state index in [1.54, 1.807) is 12.1 Å². The third kappa shape index (κ3) is 9.40. The standard InChI is InChI=1S/C32H44N2O7S2/c1-5-8-16-32(17-9-6-2)22-34(25-13-11-24(12-14-25)33-31(37)41-18-10-7-3)26-20-28(42-4)27(40-19-15-30(35)36)21-29(26)43(38,39)23-32/h11-15,19-21H,5-10,16-18,22-23H2,1-4H3,(H,33,37)(H,35,36). The van der Waals surface area contributed by atoms with Crippen molar-refractivity contribution < 1.29 is 32.6 Å². The number of carbonyl (C=O) groups excluding carboxylic acids is 1. The molecule has 0 spiro atoms. The molecule has 0 bridgehead atoms. The summed E-state index contributed by atoms with van der Waals surface area (Å²) < 4.78 is 39.2. The normalized spacial score (nSPS) is 15.5. The number of carbonyl (C=O) groups is 2. The third-order valence-electron chi connectivity index (χ3n) is 7.54. The Morgan fingerprint density at radius 1 is 1.05 bits per heavy atom. The Labute approximate surface area is 259 Å². The molecule has 0 saturated carbocycles. The summed E-state index contributed by atoms with van der Waals surface area (Å²) in [4.78, 5) is 26.1. The highest BCUT2D eigenvalue weighted by atomic mass is 32.2. The van der Waals surface area contributed by atoms with Gasteiger partial charge in [-0.2, -0.15) is 0 Å². The Morgan fingerprint density at radius 3 is 2.28 bits per heavy atom. The number of carboxylic acid groups (broad SMARTS) is 1. The number of amides is 1. The molecule has 9 nitrogen and oxygen atoms in total. The molecule has 0 saturated heterocycles. The van der Waals surface area contributed by atoms with Crippen LogP contribution in [0.1, 0.15) is 72.1 Å². The van der Waals surface area contributed by atoms with E-state index in [2.05, 4.69) is 24.1 Å². The minimum atomic E-state index is -3.76. The van der Waals surface area contributed by atoms with Gasteiger partial charge in [-0.25, -0.2) is 18.0 Å². The van der Waals surface area contributed by atoms with E-state index < -0.39 is 27.3 Å². The maximum Gasteiger partial charge on any atom is 0.411 e. The molecule has 1 aliphatic heterocycles. The number of hydrogen-bond acceptors (Lipinski definition) is 8. The zero-order valence-corrected chi connectivity index (χ0v) is 27.2. The molecule has 0 fully saturated rings. The highest BCUT2D eigenvalue weighted by Crippen LogP contribution is 2.48. The summed E-state index contributed by atoms with van der Waals surface area (Å²) in [5.74, 6) is -0.874. The minimum Gasteiger partial charge on any atom is -0.478 e. The summed E-state index contributed by atoms with van der Waals surface area (Å²) in [6, 6.07) is 10.7. The molecular weight excluding hydrogens is 588 g/mol. The van der Waals surface area contributed by atoms with Crippen LogP contribution in [-0.2, 0) is 19.4 Å². The lowest BCUT2D eigenvalue weighted by Crippen LogP contribution is -2.38. The second kappa shape index (κ2) is 16.0. The summed E-state index contributed by atoms with van der Waals surface area (Å²) in [5.41, 5.74) is 1.45. The number of rotatable bonds is 15. The number of ether oxygens (including phenoxy) is 2. The maximum absolute atomic E-state index is 14.2. The summed E-state index contributed by atoms with van der Waals surface area (Å²) in [5, 5.41) is 11.8. The van der Waals surface area contributed by atoms with Crippen LogP contribution in [0.2, 0.25) is 0 Å². The predicted molar refractivity (Wildman–Crippen MR) is 172 cm³/mol. The van der Waals surface area contributed by atoms with Gasteiger partial charge in [-0.3, -0.25) is 5.32 Å². The SMILES string of the molecule is CCCCOC(=O)Nc1ccc(N2CC(CCCC)(CCCC)CS(=O)(=O)c3cc(OC=CC(=O)O)c(SC)cc32)cc1. The summed E-state index contributed by atoms with van der Waals surface area (Å²) in [6.07, 6.45) is 10.3. The van der Waals surface area contributed by atoms with Crippen molar-refractivity contribution in [2.24, 2.45) is 5.41 Å². The lowest BCUT2D eigenvalue weighted by molar-refractivity contribution is -0.131. The van der Waals surface area contributed by atoms with E-state index in [0.717, 1.165) is 69.4 Å². The van der Waals surface area contributed by atoms with Crippen LogP contribution in [0.3, 0.4) is 0 Å². The number of fused-ring (bicyclic) bond motifs is 1. The number of nitrogens with one attached hydrogen (secondary N) is 1. The van der Waals surface area contributed by atoms with Crippen molar-refractivity contribution in [1.82, 2.24) is 0 Å². The van der Waals surface area contributed by atoms with E-state index in [1.165, 1.54) is 17.8 Å². The molecule has 0 aliphatic carbocycles. The molecule has 0 radical (unpaired) electrons. The fraction of sp³-hybridized carbons (Fsp3) is 0.500. The first-order chi connectivity index (χ1) is 20.6. The molecule has 1 amide bonds. The van der Waals surface area contributed by atoms with E-state index in [9.17, 15) is 18.0 Å². The molecule has 2 aromatic carbocycles. The van der Waals surface area contributed by atoms with Crippen LogP contribution >= 0.6 is 11.8 Å². The summed E-state index contributed by atoms with van der Waals surface area (Å²) in [7, 11) is -3.76. The van der Waals surface area contributed by atoms with Gasteiger partial charge in [0.15, 0.2) is 9.84 Å². The number of unbranched alkanes of at least 4 members (excludes halogenated alkanes) is 3. The smallest absolute Gasteiger partial charge is 0.411 e. The number of nitrogens with zero attached hydrogens (tertiary/aromatic N) is 1. The number of hydrogen-bond donors (Lipinski definition) is 2. The highest BCUT2D eigenvalue weighted by Gasteiger charge is 2.42. The van der Waals surface area contributed by atoms with E-state index in [1.807, 2.05) is 31.4 Å². The van der Waals surface area contributed by atoms with Crippen LogP contribution < -0.4 is 15.0 Å². The first-order valence-electron chi connectivity index (χ1n) is 14.9. The van der Waals surface area contributed by atoms with Gasteiger partial charge in [0.05, 0.1) is 40.2 Å². The fourth-order valence-electron chi connectivity index (χ4n) is 5.30. The number of carboxylic acids is 1. The largest absolute Gasteiger partial charge is 0.478 e. The monoisotopic (exact) mass is 632 g/mol. The first-order valence-corrected chi connectivity index (χ1v) is 17.8. The second-order valence-electron chi connectivity index (χ2n) is 10.9. The molecule has 3 rings (SSSR count). The van der Waals surface area contributed by atoms with Gasteiger partial charge < -0.3 is 19.5 Å². The van der Waals surface area contributed by atoms with Crippen LogP contribution in [0.5, 0.6) is 5.75 Å². The highest BCUT2D eigenvalue weighted by molar-refractivity contribution is 7.98. The van der Waals surface area contributed by atoms with Gasteiger partial charge in [-0.15, -0.1) is 11.8 Å². The predicted octanol–water partition coefficient (Wildman–Crippen LogP) is 8.03. The maximum atomic E-state index is 14.2. The quantitative estimate of drug-likeness (QED) is 0.0869. The third-order valence-corrected chi connectivity index (χ3v) is 10.3. The Hall–Kier alpha value is -3.18. The number of aliphatic carboxylic acids is 1. The van der Waals surface area contributed by atoms with Crippen LogP contribution in [0.4, 0.5) is 21.9 Å². The van der Waals surface area contributed by atoms with Crippen molar-refractivity contribution in [3.63, 3.8) is 0 Å². The van der Waals surface area contributed by atoms with Crippen molar-refractivity contribution >= 4 is 50.7 Å². The van der Waals surface area contributed by atoms with Crippen LogP contribution in [0.15, 0.2) is 58.5 Å². The molecule has 0 aromatic heterocycles. The fourth-order valence-corrected chi connectivity index (χ4v) is 7.96. The molecule has 43 heavy (non-hydrogen) atoms. The Bertz CT molecular complexity index is 1370. The van der Waals surface area contributed by atoms with Crippen molar-refractivity contribution in [2.75, 3.05) is 35.4 Å². The average molecular weight is 633 g/mol. The number of thioether (sulfide) groups is 1. The van der Waals surface area contributed by atoms with Gasteiger partial charge >= 0.3 is 12.1 Å². The van der Waals surface area contributed by atoms with Crippen LogP contribution in [0.25, 0.3) is 0 Å². The van der Waals surface area contributed by atoms with E-state index in [4.69, 9.17) is 14.6 Å². The molecular formula is C32H44N2O7S2. The van der Waals surface area contributed by atoms with Gasteiger partial charge in [0.25, 0.3) is 0 Å². The van der Waals surface area contributed by atoms with E-state index >= 15 is 0 Å². The summed E-state index contributed by atoms with van der Waals surface area (Å²) in [6.45, 7) is 7.12. The summed E-state index contributed by atoms with van der Waals surface area (Å²) >= 11 is 1.39. The van der Waals surface area contributed by atoms with E-state index in [-0.39, 0.29) is 16.4 Å². The van der Waals surface area contributed by atoms with Gasteiger partial charge in [0.1, 0.15) is 5.75 Å². The lowest BCUT2D eigenvalue weighted by Gasteiger charge is -2.37. The van der Waals surface area contributed by atoms with Gasteiger partial charge in [-0.05, 0) is 55.9 Å². The molecule has 2 N–H and O–H groups in total. The molecule has 11 heteroatoms. The Morgan fingerprint density at radius 2 is 1.70 bits per heavy atom. The second-order valence-corrected chi connectivity index (χ2v) is 13.7. The number of sulfone groups is 1. The van der Waals surface area contributed by atoms with Crippen molar-refractivity contribution in [2.45, 2.75) is 81.9 Å². The van der Waals surface area contributed by atoms with E-state index in [0.29, 0.717) is 29.4 Å². The Kier molecular flexibility index (Phi) is 12.8. The molecule has 0 unspecified atom stereocenters. The average Bonchev–Trinajstić information content (AvgIpc) is 3.06. The van der Waals surface area contributed by atoms with Crippen molar-refractivity contribution in [3.05, 3.63) is 48.7 Å². The van der Waals surface area contributed by atoms with Gasteiger partial charge in [-0.1, -0.05) is 52.9 Å². The minimum absolute atomic E-state index is 0.00968. The Balaban J connectivity index is 2.12. The van der Waals surface area contributed by atoms with Crippen molar-refractivity contribution in [1.29, 1.82) is 0 Å². The molecule has 2 aromatic rings. The zero-order chi connectivity index (χ0) is 31.5. The number of benzene rings is 2. The van der Waals surface area contributed by atoms with Gasteiger partial charge in [0.2, 0.25) is 0 Å². The lowest BCUT2D eigenvalue weighted by atomic mass is 9.79. The van der Waals surface area contributed by atoms with Crippen molar-refractivity contribution in [3.8, 4) is 5.75 Å². The van der Waals surface area contributed by atoms with Crippen LogP contribution in [0, 0.1) is 5.41 Å².